The van der Waals surface area contributed by atoms with Crippen LogP contribution in [-0.4, -0.2) is 36.9 Å². The molecule has 0 spiro atoms. The zero-order valence-electron chi connectivity index (χ0n) is 10.3. The van der Waals surface area contributed by atoms with Crippen LogP contribution in [0.3, 0.4) is 0 Å². The molecule has 18 heavy (non-hydrogen) atoms. The molecule has 1 aromatic carbocycles. The number of carbonyl (C=O) groups excluding carboxylic acids is 1. The van der Waals surface area contributed by atoms with Crippen molar-refractivity contribution in [2.75, 3.05) is 19.0 Å². The molecule has 0 heterocycles. The number of carboxylic acid groups (broad SMARTS) is 1. The van der Waals surface area contributed by atoms with Crippen molar-refractivity contribution in [3.63, 3.8) is 0 Å². The third-order valence-corrected chi connectivity index (χ3v) is 2.21. The van der Waals surface area contributed by atoms with Gasteiger partial charge in [0.25, 0.3) is 0 Å². The fraction of sp³-hybridized carbons (Fsp3) is 0.333. The molecular formula is C12H16N2O4. The van der Waals surface area contributed by atoms with Crippen LogP contribution in [0.4, 0.5) is 10.5 Å². The molecule has 6 nitrogen and oxygen atoms in total. The van der Waals surface area contributed by atoms with Crippen molar-refractivity contribution in [2.45, 2.75) is 13.0 Å². The molecular weight excluding hydrogens is 236 g/mol. The lowest BCUT2D eigenvalue weighted by atomic mass is 10.2. The first-order valence-corrected chi connectivity index (χ1v) is 5.39. The summed E-state index contributed by atoms with van der Waals surface area (Å²) in [6, 6.07) is 5.55. The van der Waals surface area contributed by atoms with Crippen LogP contribution in [0.5, 0.6) is 0 Å². The first-order valence-electron chi connectivity index (χ1n) is 5.39. The first kappa shape index (κ1) is 14.0. The minimum atomic E-state index is -1.14. The largest absolute Gasteiger partial charge is 0.480 e. The third kappa shape index (κ3) is 4.42. The topological polar surface area (TPSA) is 87.7 Å². The predicted octanol–water partition coefficient (Wildman–Crippen LogP) is 1.22. The second-order valence-electron chi connectivity index (χ2n) is 3.81. The summed E-state index contributed by atoms with van der Waals surface area (Å²) in [5.74, 6) is -1.14. The number of amides is 2. The lowest BCUT2D eigenvalue weighted by Crippen LogP contribution is -2.45. The molecule has 1 unspecified atom stereocenters. The number of carboxylic acids is 1. The molecule has 3 N–H and O–H groups in total. The molecule has 2 amide bonds. The average molecular weight is 252 g/mol. The standard InChI is InChI=1S/C12H16N2O4/c1-8-4-3-5-9(6-8)13-12(17)14-10(7-18-2)11(15)16/h3-6,10H,7H2,1-2H3,(H,15,16)(H2,13,14,17). The van der Waals surface area contributed by atoms with E-state index in [1.807, 2.05) is 13.0 Å². The minimum absolute atomic E-state index is 0.0867. The highest BCUT2D eigenvalue weighted by molar-refractivity contribution is 5.92. The van der Waals surface area contributed by atoms with E-state index in [0.29, 0.717) is 5.69 Å². The van der Waals surface area contributed by atoms with Crippen LogP contribution in [0, 0.1) is 6.92 Å². The average Bonchev–Trinajstić information content (AvgIpc) is 2.28. The van der Waals surface area contributed by atoms with Gasteiger partial charge in [0.1, 0.15) is 0 Å². The molecule has 0 fully saturated rings. The number of rotatable bonds is 5. The number of aliphatic carboxylic acids is 1. The van der Waals surface area contributed by atoms with Crippen LogP contribution in [0.2, 0.25) is 0 Å². The highest BCUT2D eigenvalue weighted by Crippen LogP contribution is 2.09. The monoisotopic (exact) mass is 252 g/mol. The summed E-state index contributed by atoms with van der Waals surface area (Å²) in [5.41, 5.74) is 1.61. The first-order chi connectivity index (χ1) is 8.52. The molecule has 1 rings (SSSR count). The Bertz CT molecular complexity index is 434. The van der Waals surface area contributed by atoms with Gasteiger partial charge in [-0.3, -0.25) is 0 Å². The Kier molecular flexibility index (Phi) is 5.13. The Labute approximate surface area is 105 Å². The molecule has 98 valence electrons. The second kappa shape index (κ2) is 6.61. The summed E-state index contributed by atoms with van der Waals surface area (Å²) in [6.07, 6.45) is 0. The maximum atomic E-state index is 11.6. The van der Waals surface area contributed by atoms with Gasteiger partial charge in [-0.05, 0) is 24.6 Å². The number of hydrogen-bond acceptors (Lipinski definition) is 3. The van der Waals surface area contributed by atoms with Gasteiger partial charge in [0.05, 0.1) is 6.61 Å². The molecule has 0 bridgehead atoms. The lowest BCUT2D eigenvalue weighted by Gasteiger charge is -2.14. The molecule has 0 aliphatic heterocycles. The van der Waals surface area contributed by atoms with E-state index in [1.54, 1.807) is 18.2 Å². The van der Waals surface area contributed by atoms with Gasteiger partial charge in [0.15, 0.2) is 6.04 Å². The van der Waals surface area contributed by atoms with Crippen LogP contribution in [0.25, 0.3) is 0 Å². The molecule has 1 aromatic rings. The van der Waals surface area contributed by atoms with E-state index in [4.69, 9.17) is 9.84 Å². The van der Waals surface area contributed by atoms with Crippen LogP contribution in [-0.2, 0) is 9.53 Å². The van der Waals surface area contributed by atoms with Gasteiger partial charge < -0.3 is 20.5 Å². The third-order valence-electron chi connectivity index (χ3n) is 2.21. The molecule has 6 heteroatoms. The number of urea groups is 1. The molecule has 0 aliphatic carbocycles. The summed E-state index contributed by atoms with van der Waals surface area (Å²) in [6.45, 7) is 1.81. The Hall–Kier alpha value is -2.08. The Morgan fingerprint density at radius 3 is 2.72 bits per heavy atom. The quantitative estimate of drug-likeness (QED) is 0.735. The van der Waals surface area contributed by atoms with E-state index >= 15 is 0 Å². The zero-order valence-corrected chi connectivity index (χ0v) is 10.3. The van der Waals surface area contributed by atoms with Gasteiger partial charge >= 0.3 is 12.0 Å². The van der Waals surface area contributed by atoms with E-state index in [1.165, 1.54) is 7.11 Å². The van der Waals surface area contributed by atoms with Crippen molar-refractivity contribution in [2.24, 2.45) is 0 Å². The van der Waals surface area contributed by atoms with Gasteiger partial charge in [-0.2, -0.15) is 0 Å². The number of aryl methyl sites for hydroxylation is 1. The van der Waals surface area contributed by atoms with Crippen molar-refractivity contribution in [1.29, 1.82) is 0 Å². The lowest BCUT2D eigenvalue weighted by molar-refractivity contribution is -0.140. The summed E-state index contributed by atoms with van der Waals surface area (Å²) < 4.78 is 4.71. The van der Waals surface area contributed by atoms with E-state index in [-0.39, 0.29) is 6.61 Å². The van der Waals surface area contributed by atoms with Crippen molar-refractivity contribution in [3.8, 4) is 0 Å². The summed E-state index contributed by atoms with van der Waals surface area (Å²) in [4.78, 5) is 22.4. The minimum Gasteiger partial charge on any atom is -0.480 e. The molecule has 0 radical (unpaired) electrons. The fourth-order valence-electron chi connectivity index (χ4n) is 1.39. The maximum Gasteiger partial charge on any atom is 0.328 e. The van der Waals surface area contributed by atoms with Crippen LogP contribution in [0.1, 0.15) is 5.56 Å². The predicted molar refractivity (Wildman–Crippen MR) is 66.6 cm³/mol. The SMILES string of the molecule is COCC(NC(=O)Nc1cccc(C)c1)C(=O)O. The number of ether oxygens (including phenoxy) is 1. The Morgan fingerprint density at radius 2 is 2.17 bits per heavy atom. The van der Waals surface area contributed by atoms with Gasteiger partial charge in [0, 0.05) is 12.8 Å². The van der Waals surface area contributed by atoms with Crippen LogP contribution < -0.4 is 10.6 Å². The van der Waals surface area contributed by atoms with E-state index in [2.05, 4.69) is 10.6 Å². The second-order valence-corrected chi connectivity index (χ2v) is 3.81. The molecule has 0 saturated heterocycles. The summed E-state index contributed by atoms with van der Waals surface area (Å²) >= 11 is 0. The Balaban J connectivity index is 2.57. The normalized spacial score (nSPS) is 11.7. The van der Waals surface area contributed by atoms with Crippen molar-refractivity contribution < 1.29 is 19.4 Å². The zero-order chi connectivity index (χ0) is 13.5. The number of benzene rings is 1. The van der Waals surface area contributed by atoms with Gasteiger partial charge in [-0.25, -0.2) is 9.59 Å². The number of anilines is 1. The molecule has 0 aromatic heterocycles. The summed E-state index contributed by atoms with van der Waals surface area (Å²) in [5, 5.41) is 13.7. The summed E-state index contributed by atoms with van der Waals surface area (Å²) in [7, 11) is 1.37. The van der Waals surface area contributed by atoms with Gasteiger partial charge in [0.2, 0.25) is 0 Å². The number of carbonyl (C=O) groups is 2. The smallest absolute Gasteiger partial charge is 0.328 e. The van der Waals surface area contributed by atoms with Crippen LogP contribution in [0.15, 0.2) is 24.3 Å². The highest BCUT2D eigenvalue weighted by atomic mass is 16.5. The van der Waals surface area contributed by atoms with Gasteiger partial charge in [-0.1, -0.05) is 12.1 Å². The molecule has 0 saturated carbocycles. The van der Waals surface area contributed by atoms with Crippen molar-refractivity contribution in [1.82, 2.24) is 5.32 Å². The van der Waals surface area contributed by atoms with E-state index in [9.17, 15) is 9.59 Å². The van der Waals surface area contributed by atoms with E-state index < -0.39 is 18.0 Å². The molecule has 0 aliphatic rings. The van der Waals surface area contributed by atoms with Gasteiger partial charge in [-0.15, -0.1) is 0 Å². The van der Waals surface area contributed by atoms with Crippen molar-refractivity contribution >= 4 is 17.7 Å². The highest BCUT2D eigenvalue weighted by Gasteiger charge is 2.19. The van der Waals surface area contributed by atoms with E-state index in [0.717, 1.165) is 5.56 Å². The fourth-order valence-corrected chi connectivity index (χ4v) is 1.39. The van der Waals surface area contributed by atoms with Crippen LogP contribution >= 0.6 is 0 Å². The van der Waals surface area contributed by atoms with Crippen molar-refractivity contribution in [3.05, 3.63) is 29.8 Å². The number of nitrogens with one attached hydrogen (secondary N) is 2. The Morgan fingerprint density at radius 1 is 1.44 bits per heavy atom. The number of hydrogen-bond donors (Lipinski definition) is 3. The maximum absolute atomic E-state index is 11.6. The molecule has 1 atom stereocenters. The number of methoxy groups -OCH3 is 1.